The van der Waals surface area contributed by atoms with Crippen LogP contribution < -0.4 is 5.32 Å². The zero-order chi connectivity index (χ0) is 14.1. The van der Waals surface area contributed by atoms with Gasteiger partial charge in [-0.2, -0.15) is 0 Å². The fourth-order valence-electron chi connectivity index (χ4n) is 3.28. The summed E-state index contributed by atoms with van der Waals surface area (Å²) >= 11 is 7.02. The van der Waals surface area contributed by atoms with Crippen molar-refractivity contribution in [1.29, 1.82) is 0 Å². The van der Waals surface area contributed by atoms with E-state index < -0.39 is 0 Å². The molecular weight excluding hydrogens is 455 g/mol. The molecule has 1 aliphatic heterocycles. The van der Waals surface area contributed by atoms with E-state index in [0.717, 1.165) is 40.7 Å². The molecule has 2 N–H and O–H groups in total. The average molecular weight is 477 g/mol. The van der Waals surface area contributed by atoms with Crippen molar-refractivity contribution in [3.8, 4) is 5.75 Å². The van der Waals surface area contributed by atoms with Gasteiger partial charge in [-0.15, -0.1) is 24.8 Å². The van der Waals surface area contributed by atoms with Gasteiger partial charge in [-0.3, -0.25) is 4.90 Å². The molecule has 0 unspecified atom stereocenters. The molecule has 1 aromatic rings. The van der Waals surface area contributed by atoms with Gasteiger partial charge >= 0.3 is 0 Å². The molecular formula is C15H22Br2Cl2N2O. The fraction of sp³-hybridized carbons (Fsp3) is 0.600. The maximum absolute atomic E-state index is 10.5. The minimum Gasteiger partial charge on any atom is -0.506 e. The maximum Gasteiger partial charge on any atom is 0.134 e. The lowest BCUT2D eigenvalue weighted by Gasteiger charge is -2.43. The number of phenolic OH excluding ortho intramolecular Hbond substituents is 1. The molecule has 1 saturated heterocycles. The molecule has 2 fully saturated rings. The predicted molar refractivity (Wildman–Crippen MR) is 103 cm³/mol. The number of nitrogens with zero attached hydrogens (tertiary/aromatic N) is 1. The van der Waals surface area contributed by atoms with Gasteiger partial charge in [-0.1, -0.05) is 22.4 Å². The smallest absolute Gasteiger partial charge is 0.134 e. The highest BCUT2D eigenvalue weighted by Gasteiger charge is 2.35. The highest BCUT2D eigenvalue weighted by molar-refractivity contribution is 9.11. The molecule has 0 bridgehead atoms. The molecule has 3 nitrogen and oxygen atoms in total. The molecule has 2 aliphatic rings. The normalized spacial score (nSPS) is 20.5. The van der Waals surface area contributed by atoms with E-state index in [9.17, 15) is 5.11 Å². The molecule has 1 aliphatic carbocycles. The van der Waals surface area contributed by atoms with Crippen LogP contribution in [0.25, 0.3) is 0 Å². The topological polar surface area (TPSA) is 35.5 Å². The lowest BCUT2D eigenvalue weighted by molar-refractivity contribution is 0.0818. The molecule has 3 rings (SSSR count). The lowest BCUT2D eigenvalue weighted by Crippen LogP contribution is -2.47. The van der Waals surface area contributed by atoms with Crippen molar-refractivity contribution in [3.05, 3.63) is 26.6 Å². The summed E-state index contributed by atoms with van der Waals surface area (Å²) in [6.45, 7) is 4.20. The van der Waals surface area contributed by atoms with Crippen LogP contribution in [0.4, 0.5) is 0 Å². The Morgan fingerprint density at radius 1 is 1.14 bits per heavy atom. The zero-order valence-corrected chi connectivity index (χ0v) is 17.0. The van der Waals surface area contributed by atoms with Gasteiger partial charge in [-0.25, -0.2) is 0 Å². The van der Waals surface area contributed by atoms with Gasteiger partial charge in [0.15, 0.2) is 0 Å². The van der Waals surface area contributed by atoms with Crippen molar-refractivity contribution in [1.82, 2.24) is 10.2 Å². The van der Waals surface area contributed by atoms with Gasteiger partial charge in [0.05, 0.1) is 4.47 Å². The summed E-state index contributed by atoms with van der Waals surface area (Å²) < 4.78 is 1.80. The number of nitrogens with one attached hydrogen (secondary N) is 1. The van der Waals surface area contributed by atoms with Crippen molar-refractivity contribution >= 4 is 56.7 Å². The van der Waals surface area contributed by atoms with Crippen LogP contribution >= 0.6 is 56.7 Å². The van der Waals surface area contributed by atoms with Crippen molar-refractivity contribution in [2.24, 2.45) is 5.92 Å². The quantitative estimate of drug-likeness (QED) is 0.674. The number of rotatable bonds is 3. The van der Waals surface area contributed by atoms with E-state index >= 15 is 0 Å². The number of piperazine rings is 1. The summed E-state index contributed by atoms with van der Waals surface area (Å²) in [5.74, 6) is 1.09. The van der Waals surface area contributed by atoms with Crippen LogP contribution in [0, 0.1) is 5.92 Å². The Morgan fingerprint density at radius 3 is 2.32 bits per heavy atom. The third kappa shape index (κ3) is 4.31. The molecule has 7 heteroatoms. The molecule has 1 heterocycles. The highest BCUT2D eigenvalue weighted by Crippen LogP contribution is 2.46. The van der Waals surface area contributed by atoms with Gasteiger partial charge in [0.1, 0.15) is 5.75 Å². The van der Waals surface area contributed by atoms with Crippen molar-refractivity contribution in [3.63, 3.8) is 0 Å². The largest absolute Gasteiger partial charge is 0.506 e. The van der Waals surface area contributed by atoms with Gasteiger partial charge in [0, 0.05) is 42.3 Å². The van der Waals surface area contributed by atoms with Gasteiger partial charge in [-0.05, 0) is 46.8 Å². The Morgan fingerprint density at radius 2 is 1.77 bits per heavy atom. The Bertz CT molecular complexity index is 495. The van der Waals surface area contributed by atoms with Crippen LogP contribution in [0.1, 0.15) is 30.9 Å². The van der Waals surface area contributed by atoms with E-state index in [2.05, 4.69) is 48.1 Å². The third-order valence-corrected chi connectivity index (χ3v) is 5.58. The number of phenols is 1. The van der Waals surface area contributed by atoms with E-state index in [4.69, 9.17) is 0 Å². The van der Waals surface area contributed by atoms with Crippen LogP contribution in [-0.4, -0.2) is 36.2 Å². The molecule has 126 valence electrons. The van der Waals surface area contributed by atoms with E-state index in [1.54, 1.807) is 0 Å². The Labute approximate surface area is 161 Å². The summed E-state index contributed by atoms with van der Waals surface area (Å²) in [5, 5.41) is 13.9. The molecule has 0 amide bonds. The SMILES string of the molecule is Cl.Cl.Oc1c(Br)cc(Br)cc1[C@H](C1CCC1)N1CCNCC1. The predicted octanol–water partition coefficient (Wildman–Crippen LogP) is 4.51. The van der Waals surface area contributed by atoms with Crippen LogP contribution in [0.3, 0.4) is 0 Å². The second-order valence-corrected chi connectivity index (χ2v) is 7.52. The number of benzene rings is 1. The molecule has 0 spiro atoms. The highest BCUT2D eigenvalue weighted by atomic mass is 79.9. The summed E-state index contributed by atoms with van der Waals surface area (Å²) in [5.41, 5.74) is 1.07. The zero-order valence-electron chi connectivity index (χ0n) is 12.2. The van der Waals surface area contributed by atoms with Crippen LogP contribution in [0.2, 0.25) is 0 Å². The molecule has 1 atom stereocenters. The van der Waals surface area contributed by atoms with Crippen LogP contribution in [-0.2, 0) is 0 Å². The summed E-state index contributed by atoms with van der Waals surface area (Å²) in [6, 6.07) is 4.35. The fourth-order valence-corrected chi connectivity index (χ4v) is 4.53. The van der Waals surface area contributed by atoms with E-state index in [1.165, 1.54) is 19.3 Å². The van der Waals surface area contributed by atoms with E-state index in [-0.39, 0.29) is 24.8 Å². The Balaban J connectivity index is 0.00000121. The number of hydrogen-bond donors (Lipinski definition) is 2. The van der Waals surface area contributed by atoms with E-state index in [0.29, 0.717) is 17.7 Å². The van der Waals surface area contributed by atoms with Crippen LogP contribution in [0.15, 0.2) is 21.1 Å². The van der Waals surface area contributed by atoms with E-state index in [1.807, 2.05) is 6.07 Å². The number of aromatic hydroxyl groups is 1. The second kappa shape index (κ2) is 9.09. The molecule has 1 saturated carbocycles. The van der Waals surface area contributed by atoms with Crippen LogP contribution in [0.5, 0.6) is 5.75 Å². The standard InChI is InChI=1S/C15H20Br2N2O.2ClH/c16-11-8-12(15(20)13(17)9-11)14(10-2-1-3-10)19-6-4-18-5-7-19;;/h8-10,14,18,20H,1-7H2;2*1H/t14-;;/m0../s1. The number of hydrogen-bond acceptors (Lipinski definition) is 3. The van der Waals surface area contributed by atoms with Gasteiger partial charge in [0.25, 0.3) is 0 Å². The first-order chi connectivity index (χ1) is 9.66. The van der Waals surface area contributed by atoms with Gasteiger partial charge in [0.2, 0.25) is 0 Å². The molecule has 0 aromatic heterocycles. The molecule has 0 radical (unpaired) electrons. The third-order valence-electron chi connectivity index (χ3n) is 4.52. The monoisotopic (exact) mass is 474 g/mol. The number of halogens is 4. The van der Waals surface area contributed by atoms with Crippen molar-refractivity contribution in [2.75, 3.05) is 26.2 Å². The molecule has 22 heavy (non-hydrogen) atoms. The Hall–Kier alpha value is 0.480. The summed E-state index contributed by atoms with van der Waals surface area (Å²) in [4.78, 5) is 2.54. The Kier molecular flexibility index (Phi) is 8.48. The average Bonchev–Trinajstić information content (AvgIpc) is 2.39. The summed E-state index contributed by atoms with van der Waals surface area (Å²) in [7, 11) is 0. The summed E-state index contributed by atoms with van der Waals surface area (Å²) in [6.07, 6.45) is 3.87. The molecule has 1 aromatic carbocycles. The minimum atomic E-state index is 0. The lowest BCUT2D eigenvalue weighted by atomic mass is 9.76. The first-order valence-corrected chi connectivity index (χ1v) is 8.88. The second-order valence-electron chi connectivity index (χ2n) is 5.75. The first-order valence-electron chi connectivity index (χ1n) is 7.29. The maximum atomic E-state index is 10.5. The van der Waals surface area contributed by atoms with Crippen molar-refractivity contribution in [2.45, 2.75) is 25.3 Å². The van der Waals surface area contributed by atoms with Gasteiger partial charge < -0.3 is 10.4 Å². The van der Waals surface area contributed by atoms with Crippen molar-refractivity contribution < 1.29 is 5.11 Å². The first kappa shape index (κ1) is 20.5. The minimum absolute atomic E-state index is 0.